The zero-order chi connectivity index (χ0) is 6.85. The van der Waals surface area contributed by atoms with E-state index in [1.807, 2.05) is 0 Å². The van der Waals surface area contributed by atoms with Crippen LogP contribution in [0.4, 0.5) is 0 Å². The predicted octanol–water partition coefficient (Wildman–Crippen LogP) is -1.59. The van der Waals surface area contributed by atoms with Crippen molar-refractivity contribution in [3.63, 3.8) is 0 Å². The summed E-state index contributed by atoms with van der Waals surface area (Å²) in [5.74, 6) is 0. The molecule has 1 rings (SSSR count). The van der Waals surface area contributed by atoms with Gasteiger partial charge < -0.3 is 20.7 Å². The standard InChI is InChI=1S/C5H11NO3/c6-2-4-3(7)1-5(8)9-4/h3-5,7-8H,1-2,6H2/t3-,4-,5+/m1/s1. The van der Waals surface area contributed by atoms with Gasteiger partial charge in [-0.2, -0.15) is 0 Å². The van der Waals surface area contributed by atoms with Crippen molar-refractivity contribution in [3.8, 4) is 0 Å². The van der Waals surface area contributed by atoms with Crippen LogP contribution in [0.1, 0.15) is 6.42 Å². The molecule has 1 aliphatic heterocycles. The zero-order valence-corrected chi connectivity index (χ0v) is 5.03. The number of aliphatic hydroxyl groups is 2. The highest BCUT2D eigenvalue weighted by atomic mass is 16.6. The summed E-state index contributed by atoms with van der Waals surface area (Å²) < 4.78 is 4.80. The molecule has 4 nitrogen and oxygen atoms in total. The van der Waals surface area contributed by atoms with Crippen molar-refractivity contribution in [1.29, 1.82) is 0 Å². The highest BCUT2D eigenvalue weighted by Gasteiger charge is 2.31. The first-order chi connectivity index (χ1) is 4.24. The second-order valence-electron chi connectivity index (χ2n) is 2.17. The number of rotatable bonds is 1. The monoisotopic (exact) mass is 133 g/mol. The smallest absolute Gasteiger partial charge is 0.157 e. The summed E-state index contributed by atoms with van der Waals surface area (Å²) >= 11 is 0. The third-order valence-electron chi connectivity index (χ3n) is 1.44. The fourth-order valence-electron chi connectivity index (χ4n) is 0.919. The lowest BCUT2D eigenvalue weighted by molar-refractivity contribution is -0.0915. The Morgan fingerprint density at radius 1 is 1.56 bits per heavy atom. The van der Waals surface area contributed by atoms with Gasteiger partial charge in [0.15, 0.2) is 6.29 Å². The zero-order valence-electron chi connectivity index (χ0n) is 5.03. The molecule has 0 spiro atoms. The Hall–Kier alpha value is -0.160. The summed E-state index contributed by atoms with van der Waals surface area (Å²) in [4.78, 5) is 0. The van der Waals surface area contributed by atoms with Crippen LogP contribution in [-0.4, -0.2) is 35.3 Å². The van der Waals surface area contributed by atoms with Crippen LogP contribution in [0.5, 0.6) is 0 Å². The van der Waals surface area contributed by atoms with Gasteiger partial charge >= 0.3 is 0 Å². The maximum Gasteiger partial charge on any atom is 0.157 e. The van der Waals surface area contributed by atoms with Gasteiger partial charge in [-0.1, -0.05) is 0 Å². The third-order valence-corrected chi connectivity index (χ3v) is 1.44. The number of nitrogens with two attached hydrogens (primary N) is 1. The van der Waals surface area contributed by atoms with Crippen molar-refractivity contribution in [2.45, 2.75) is 24.9 Å². The molecule has 0 bridgehead atoms. The van der Waals surface area contributed by atoms with E-state index in [2.05, 4.69) is 0 Å². The van der Waals surface area contributed by atoms with E-state index in [1.54, 1.807) is 0 Å². The molecule has 54 valence electrons. The van der Waals surface area contributed by atoms with Gasteiger partial charge in [0.1, 0.15) is 0 Å². The average molecular weight is 133 g/mol. The molecule has 1 saturated heterocycles. The highest BCUT2D eigenvalue weighted by Crippen LogP contribution is 2.16. The minimum atomic E-state index is -0.825. The van der Waals surface area contributed by atoms with E-state index in [1.165, 1.54) is 0 Å². The molecule has 0 aromatic carbocycles. The minimum absolute atomic E-state index is 0.262. The topological polar surface area (TPSA) is 75.7 Å². The maximum atomic E-state index is 8.99. The normalized spacial score (nSPS) is 43.7. The van der Waals surface area contributed by atoms with Crippen molar-refractivity contribution in [2.75, 3.05) is 6.54 Å². The van der Waals surface area contributed by atoms with Gasteiger partial charge in [0.05, 0.1) is 12.2 Å². The van der Waals surface area contributed by atoms with E-state index in [0.29, 0.717) is 0 Å². The van der Waals surface area contributed by atoms with Crippen molar-refractivity contribution >= 4 is 0 Å². The van der Waals surface area contributed by atoms with Crippen LogP contribution in [0.25, 0.3) is 0 Å². The SMILES string of the molecule is NC[C@H]1O[C@H](O)C[C@H]1O. The van der Waals surface area contributed by atoms with Crippen LogP contribution in [0, 0.1) is 0 Å². The summed E-state index contributed by atoms with van der Waals surface area (Å²) in [5.41, 5.74) is 5.19. The maximum absolute atomic E-state index is 8.99. The Morgan fingerprint density at radius 2 is 2.22 bits per heavy atom. The van der Waals surface area contributed by atoms with E-state index < -0.39 is 12.4 Å². The van der Waals surface area contributed by atoms with E-state index in [-0.39, 0.29) is 19.1 Å². The largest absolute Gasteiger partial charge is 0.390 e. The summed E-state index contributed by atoms with van der Waals surface area (Å²) in [7, 11) is 0. The van der Waals surface area contributed by atoms with E-state index in [4.69, 9.17) is 20.7 Å². The van der Waals surface area contributed by atoms with Crippen LogP contribution in [-0.2, 0) is 4.74 Å². The summed E-state index contributed by atoms with van der Waals surface area (Å²) in [6, 6.07) is 0. The van der Waals surface area contributed by atoms with Gasteiger partial charge in [0.2, 0.25) is 0 Å². The molecule has 0 saturated carbocycles. The lowest BCUT2D eigenvalue weighted by Crippen LogP contribution is -2.29. The number of ether oxygens (including phenoxy) is 1. The van der Waals surface area contributed by atoms with Crippen LogP contribution in [0.15, 0.2) is 0 Å². The van der Waals surface area contributed by atoms with E-state index >= 15 is 0 Å². The number of hydrogen-bond acceptors (Lipinski definition) is 4. The van der Waals surface area contributed by atoms with E-state index in [0.717, 1.165) is 0 Å². The fraction of sp³-hybridized carbons (Fsp3) is 1.00. The number of hydrogen-bond donors (Lipinski definition) is 3. The Labute approximate surface area is 53.2 Å². The highest BCUT2D eigenvalue weighted by molar-refractivity contribution is 4.77. The lowest BCUT2D eigenvalue weighted by Gasteiger charge is -2.08. The minimum Gasteiger partial charge on any atom is -0.390 e. The Morgan fingerprint density at radius 3 is 2.44 bits per heavy atom. The third kappa shape index (κ3) is 1.40. The summed E-state index contributed by atoms with van der Waals surface area (Å²) in [5, 5.41) is 17.8. The molecular formula is C5H11NO3. The van der Waals surface area contributed by atoms with Gasteiger partial charge in [-0.05, 0) is 0 Å². The molecule has 0 aliphatic carbocycles. The first-order valence-electron chi connectivity index (χ1n) is 2.95. The van der Waals surface area contributed by atoms with Crippen molar-refractivity contribution in [1.82, 2.24) is 0 Å². The summed E-state index contributed by atoms with van der Waals surface area (Å²) in [6.45, 7) is 0.262. The first kappa shape index (κ1) is 6.95. The fourth-order valence-corrected chi connectivity index (χ4v) is 0.919. The molecule has 0 amide bonds. The van der Waals surface area contributed by atoms with Crippen LogP contribution in [0.2, 0.25) is 0 Å². The lowest BCUT2D eigenvalue weighted by atomic mass is 10.2. The van der Waals surface area contributed by atoms with Crippen molar-refractivity contribution in [3.05, 3.63) is 0 Å². The molecule has 0 radical (unpaired) electrons. The van der Waals surface area contributed by atoms with Gasteiger partial charge in [0.25, 0.3) is 0 Å². The van der Waals surface area contributed by atoms with E-state index in [9.17, 15) is 0 Å². The molecule has 0 aromatic heterocycles. The molecule has 1 heterocycles. The Balaban J connectivity index is 2.38. The molecule has 0 aromatic rings. The molecule has 9 heavy (non-hydrogen) atoms. The molecule has 4 N–H and O–H groups in total. The second-order valence-corrected chi connectivity index (χ2v) is 2.17. The van der Waals surface area contributed by atoms with Gasteiger partial charge in [-0.25, -0.2) is 0 Å². The first-order valence-corrected chi connectivity index (χ1v) is 2.95. The van der Waals surface area contributed by atoms with Gasteiger partial charge in [-0.15, -0.1) is 0 Å². The molecule has 4 heteroatoms. The molecule has 3 atom stereocenters. The predicted molar refractivity (Wildman–Crippen MR) is 30.6 cm³/mol. The van der Waals surface area contributed by atoms with Crippen LogP contribution >= 0.6 is 0 Å². The van der Waals surface area contributed by atoms with Crippen LogP contribution < -0.4 is 5.73 Å². The average Bonchev–Trinajstić information content (AvgIpc) is 2.10. The molecule has 0 unspecified atom stereocenters. The quantitative estimate of drug-likeness (QED) is 0.403. The van der Waals surface area contributed by atoms with Crippen LogP contribution in [0.3, 0.4) is 0 Å². The van der Waals surface area contributed by atoms with Crippen molar-refractivity contribution < 1.29 is 14.9 Å². The molecule has 1 aliphatic rings. The Bertz CT molecular complexity index is 98.2. The van der Waals surface area contributed by atoms with Gasteiger partial charge in [0, 0.05) is 13.0 Å². The number of aliphatic hydroxyl groups excluding tert-OH is 2. The van der Waals surface area contributed by atoms with Crippen molar-refractivity contribution in [2.24, 2.45) is 5.73 Å². The molecule has 1 fully saturated rings. The van der Waals surface area contributed by atoms with Gasteiger partial charge in [-0.3, -0.25) is 0 Å². The molecular weight excluding hydrogens is 122 g/mol. The second kappa shape index (κ2) is 2.62. The Kier molecular flexibility index (Phi) is 2.02. The summed E-state index contributed by atoms with van der Waals surface area (Å²) in [6.07, 6.45) is -1.51.